The van der Waals surface area contributed by atoms with E-state index in [-0.39, 0.29) is 29.8 Å². The highest BCUT2D eigenvalue weighted by atomic mass is 32.2. The third kappa shape index (κ3) is 4.36. The maximum absolute atomic E-state index is 13.0. The minimum absolute atomic E-state index is 0.0377. The Labute approximate surface area is 146 Å². The Morgan fingerprint density at radius 1 is 1.28 bits per heavy atom. The fourth-order valence-corrected chi connectivity index (χ4v) is 4.33. The van der Waals surface area contributed by atoms with E-state index in [9.17, 15) is 22.4 Å². The number of sulfone groups is 1. The summed E-state index contributed by atoms with van der Waals surface area (Å²) < 4.78 is 38.0. The van der Waals surface area contributed by atoms with Gasteiger partial charge >= 0.3 is 5.97 Å². The number of hydrogen-bond donors (Lipinski definition) is 1. The fraction of sp³-hybridized carbons (Fsp3) is 0.529. The standard InChI is InChI=1S/C17H22FNO5S/c1-11-3-4-13(17(21)22)10-19(11)16(20)9-12(2)25(23,24)15-7-5-14(18)6-8-15/h5-8,11-13H,3-4,9-10H2,1-2H3,(H,21,22). The minimum Gasteiger partial charge on any atom is -0.481 e. The molecular formula is C17H22FNO5S. The first-order chi connectivity index (χ1) is 11.6. The second kappa shape index (κ2) is 7.51. The number of aliphatic carboxylic acids is 1. The summed E-state index contributed by atoms with van der Waals surface area (Å²) in [6.07, 6.45) is 0.835. The van der Waals surface area contributed by atoms with Crippen LogP contribution >= 0.6 is 0 Å². The van der Waals surface area contributed by atoms with Gasteiger partial charge in [0.2, 0.25) is 5.91 Å². The zero-order chi connectivity index (χ0) is 18.8. The molecule has 1 heterocycles. The molecular weight excluding hydrogens is 349 g/mol. The molecule has 2 rings (SSSR count). The van der Waals surface area contributed by atoms with Crippen LogP contribution in [0.1, 0.15) is 33.1 Å². The van der Waals surface area contributed by atoms with Crippen molar-refractivity contribution in [3.8, 4) is 0 Å². The molecule has 3 unspecified atom stereocenters. The molecule has 1 fully saturated rings. The SMILES string of the molecule is CC1CCC(C(=O)O)CN1C(=O)CC(C)S(=O)(=O)c1ccc(F)cc1. The number of carbonyl (C=O) groups excluding carboxylic acids is 1. The molecule has 0 radical (unpaired) electrons. The van der Waals surface area contributed by atoms with Crippen LogP contribution in [-0.4, -0.2) is 48.1 Å². The maximum atomic E-state index is 13.0. The van der Waals surface area contributed by atoms with Crippen molar-refractivity contribution in [2.45, 2.75) is 49.3 Å². The number of nitrogens with zero attached hydrogens (tertiary/aromatic N) is 1. The van der Waals surface area contributed by atoms with E-state index >= 15 is 0 Å². The van der Waals surface area contributed by atoms with Crippen LogP contribution in [0.3, 0.4) is 0 Å². The van der Waals surface area contributed by atoms with Crippen LogP contribution < -0.4 is 0 Å². The van der Waals surface area contributed by atoms with Crippen LogP contribution in [0.5, 0.6) is 0 Å². The summed E-state index contributed by atoms with van der Waals surface area (Å²) in [5.41, 5.74) is 0. The van der Waals surface area contributed by atoms with Crippen LogP contribution in [0.2, 0.25) is 0 Å². The summed E-state index contributed by atoms with van der Waals surface area (Å²) in [6.45, 7) is 3.35. The predicted molar refractivity (Wildman–Crippen MR) is 89.2 cm³/mol. The zero-order valence-electron chi connectivity index (χ0n) is 14.2. The third-order valence-electron chi connectivity index (χ3n) is 4.69. The van der Waals surface area contributed by atoms with Crippen molar-refractivity contribution in [2.24, 2.45) is 5.92 Å². The Balaban J connectivity index is 2.10. The average molecular weight is 371 g/mol. The van der Waals surface area contributed by atoms with Gasteiger partial charge in [0.15, 0.2) is 9.84 Å². The number of rotatable bonds is 5. The fourth-order valence-electron chi connectivity index (χ4n) is 2.99. The van der Waals surface area contributed by atoms with E-state index < -0.39 is 32.8 Å². The number of halogens is 1. The molecule has 0 spiro atoms. The third-order valence-corrected chi connectivity index (χ3v) is 6.84. The van der Waals surface area contributed by atoms with E-state index in [1.807, 2.05) is 6.92 Å². The molecule has 3 atom stereocenters. The summed E-state index contributed by atoms with van der Waals surface area (Å²) >= 11 is 0. The number of benzene rings is 1. The highest BCUT2D eigenvalue weighted by Crippen LogP contribution is 2.25. The molecule has 1 aromatic carbocycles. The monoisotopic (exact) mass is 371 g/mol. The molecule has 1 saturated heterocycles. The van der Waals surface area contributed by atoms with E-state index in [1.165, 1.54) is 24.0 Å². The number of likely N-dealkylation sites (tertiary alicyclic amines) is 1. The molecule has 8 heteroatoms. The zero-order valence-corrected chi connectivity index (χ0v) is 15.0. The van der Waals surface area contributed by atoms with Crippen LogP contribution in [0.15, 0.2) is 29.2 Å². The van der Waals surface area contributed by atoms with Gasteiger partial charge in [0, 0.05) is 19.0 Å². The Bertz CT molecular complexity index is 747. The molecule has 0 aliphatic carbocycles. The first-order valence-corrected chi connectivity index (χ1v) is 9.69. The minimum atomic E-state index is -3.77. The van der Waals surface area contributed by atoms with Crippen molar-refractivity contribution < 1.29 is 27.5 Å². The lowest BCUT2D eigenvalue weighted by Gasteiger charge is -2.37. The lowest BCUT2D eigenvalue weighted by molar-refractivity contribution is -0.147. The maximum Gasteiger partial charge on any atom is 0.308 e. The van der Waals surface area contributed by atoms with Crippen molar-refractivity contribution in [3.63, 3.8) is 0 Å². The van der Waals surface area contributed by atoms with Gasteiger partial charge in [0.1, 0.15) is 5.82 Å². The highest BCUT2D eigenvalue weighted by Gasteiger charge is 2.34. The number of amides is 1. The Morgan fingerprint density at radius 3 is 2.44 bits per heavy atom. The number of piperidine rings is 1. The smallest absolute Gasteiger partial charge is 0.308 e. The summed E-state index contributed by atoms with van der Waals surface area (Å²) in [7, 11) is -3.77. The topological polar surface area (TPSA) is 91.8 Å². The van der Waals surface area contributed by atoms with E-state index in [0.29, 0.717) is 12.8 Å². The molecule has 6 nitrogen and oxygen atoms in total. The van der Waals surface area contributed by atoms with E-state index in [1.54, 1.807) is 0 Å². The lowest BCUT2D eigenvalue weighted by Crippen LogP contribution is -2.48. The van der Waals surface area contributed by atoms with Crippen LogP contribution in [0, 0.1) is 11.7 Å². The van der Waals surface area contributed by atoms with Gasteiger partial charge < -0.3 is 10.0 Å². The van der Waals surface area contributed by atoms with E-state index in [0.717, 1.165) is 12.1 Å². The number of hydrogen-bond acceptors (Lipinski definition) is 4. The quantitative estimate of drug-likeness (QED) is 0.800. The summed E-state index contributed by atoms with van der Waals surface area (Å²) in [4.78, 5) is 25.1. The van der Waals surface area contributed by atoms with E-state index in [4.69, 9.17) is 5.11 Å². The van der Waals surface area contributed by atoms with Gasteiger partial charge in [-0.15, -0.1) is 0 Å². The van der Waals surface area contributed by atoms with E-state index in [2.05, 4.69) is 0 Å². The summed E-state index contributed by atoms with van der Waals surface area (Å²) in [6, 6.07) is 4.35. The van der Waals surface area contributed by atoms with Crippen molar-refractivity contribution in [2.75, 3.05) is 6.54 Å². The largest absolute Gasteiger partial charge is 0.481 e. The van der Waals surface area contributed by atoms with Crippen molar-refractivity contribution in [1.29, 1.82) is 0 Å². The molecule has 0 bridgehead atoms. The molecule has 1 amide bonds. The van der Waals surface area contributed by atoms with Crippen molar-refractivity contribution in [1.82, 2.24) is 4.90 Å². The second-order valence-electron chi connectivity index (χ2n) is 6.52. The number of carboxylic acids is 1. The van der Waals surface area contributed by atoms with Gasteiger partial charge in [-0.3, -0.25) is 9.59 Å². The van der Waals surface area contributed by atoms with Gasteiger partial charge in [-0.1, -0.05) is 0 Å². The first-order valence-electron chi connectivity index (χ1n) is 8.14. The van der Waals surface area contributed by atoms with Gasteiger partial charge in [0.05, 0.1) is 16.1 Å². The molecule has 1 aromatic rings. The van der Waals surface area contributed by atoms with Gasteiger partial charge in [-0.05, 0) is 51.0 Å². The van der Waals surface area contributed by atoms with Crippen LogP contribution in [0.4, 0.5) is 4.39 Å². The summed E-state index contributed by atoms with van der Waals surface area (Å²) in [5, 5.41) is 8.16. The Morgan fingerprint density at radius 2 is 1.88 bits per heavy atom. The van der Waals surface area contributed by atoms with Gasteiger partial charge in [0.25, 0.3) is 0 Å². The molecule has 1 N–H and O–H groups in total. The molecule has 138 valence electrons. The Kier molecular flexibility index (Phi) is 5.82. The Hall–Kier alpha value is -1.96. The molecule has 1 aliphatic heterocycles. The first kappa shape index (κ1) is 19.4. The van der Waals surface area contributed by atoms with Crippen molar-refractivity contribution >= 4 is 21.7 Å². The second-order valence-corrected chi connectivity index (χ2v) is 8.89. The lowest BCUT2D eigenvalue weighted by atomic mass is 9.93. The highest BCUT2D eigenvalue weighted by molar-refractivity contribution is 7.92. The van der Waals surface area contributed by atoms with Gasteiger partial charge in [-0.2, -0.15) is 0 Å². The van der Waals surface area contributed by atoms with Crippen molar-refractivity contribution in [3.05, 3.63) is 30.1 Å². The molecule has 0 aromatic heterocycles. The molecule has 1 aliphatic rings. The normalized spacial score (nSPS) is 22.4. The predicted octanol–water partition coefficient (Wildman–Crippen LogP) is 2.09. The molecule has 25 heavy (non-hydrogen) atoms. The number of carbonyl (C=O) groups is 2. The van der Waals surface area contributed by atoms with Crippen LogP contribution in [0.25, 0.3) is 0 Å². The molecule has 0 saturated carbocycles. The van der Waals surface area contributed by atoms with Gasteiger partial charge in [-0.25, -0.2) is 12.8 Å². The van der Waals surface area contributed by atoms with Crippen LogP contribution in [-0.2, 0) is 19.4 Å². The summed E-state index contributed by atoms with van der Waals surface area (Å²) in [5.74, 6) is -2.48. The number of carboxylic acid groups (broad SMARTS) is 1. The average Bonchev–Trinajstić information content (AvgIpc) is 2.55.